The maximum Gasteiger partial charge on any atom is 0.151 e. The first-order chi connectivity index (χ1) is 9.83. The molecular weight excluding hydrogens is 248 g/mol. The highest BCUT2D eigenvalue weighted by molar-refractivity contribution is 5.65. The standard InChI is InChI=1S/C16H16N4/c1-20-12-18-19-16(20)11-17-15-9-7-14(8-10-15)13-5-3-2-4-6-13/h2-10,12,17H,11H2,1H3. The van der Waals surface area contributed by atoms with Gasteiger partial charge in [0.05, 0.1) is 6.54 Å². The largest absolute Gasteiger partial charge is 0.378 e. The molecule has 0 aliphatic rings. The third kappa shape index (κ3) is 2.69. The van der Waals surface area contributed by atoms with Crippen molar-refractivity contribution in [1.82, 2.24) is 14.8 Å². The van der Waals surface area contributed by atoms with Crippen molar-refractivity contribution in [3.63, 3.8) is 0 Å². The first kappa shape index (κ1) is 12.4. The van der Waals surface area contributed by atoms with Gasteiger partial charge in [0, 0.05) is 12.7 Å². The molecule has 0 saturated carbocycles. The summed E-state index contributed by atoms with van der Waals surface area (Å²) in [6, 6.07) is 18.8. The Morgan fingerprint density at radius 2 is 1.65 bits per heavy atom. The third-order valence-electron chi connectivity index (χ3n) is 3.25. The summed E-state index contributed by atoms with van der Waals surface area (Å²) in [6.45, 7) is 0.668. The minimum absolute atomic E-state index is 0.668. The number of aromatic nitrogens is 3. The maximum atomic E-state index is 4.05. The molecule has 1 aromatic heterocycles. The van der Waals surface area contributed by atoms with Crippen LogP contribution in [0.3, 0.4) is 0 Å². The summed E-state index contributed by atoms with van der Waals surface area (Å²) < 4.78 is 1.91. The number of rotatable bonds is 4. The zero-order valence-electron chi connectivity index (χ0n) is 11.3. The molecule has 4 heteroatoms. The normalized spacial score (nSPS) is 10.4. The van der Waals surface area contributed by atoms with Crippen molar-refractivity contribution in [2.24, 2.45) is 7.05 Å². The van der Waals surface area contributed by atoms with E-state index in [1.54, 1.807) is 6.33 Å². The Hall–Kier alpha value is -2.62. The predicted molar refractivity (Wildman–Crippen MR) is 80.2 cm³/mol. The van der Waals surface area contributed by atoms with Gasteiger partial charge in [0.25, 0.3) is 0 Å². The van der Waals surface area contributed by atoms with Crippen molar-refractivity contribution in [2.45, 2.75) is 6.54 Å². The minimum atomic E-state index is 0.668. The number of benzene rings is 2. The van der Waals surface area contributed by atoms with Crippen molar-refractivity contribution >= 4 is 5.69 Å². The van der Waals surface area contributed by atoms with Gasteiger partial charge in [0.15, 0.2) is 5.82 Å². The van der Waals surface area contributed by atoms with Crippen molar-refractivity contribution in [3.05, 3.63) is 66.7 Å². The molecule has 0 atom stereocenters. The Morgan fingerprint density at radius 3 is 2.30 bits per heavy atom. The van der Waals surface area contributed by atoms with Crippen LogP contribution < -0.4 is 5.32 Å². The van der Waals surface area contributed by atoms with E-state index in [2.05, 4.69) is 64.0 Å². The van der Waals surface area contributed by atoms with Crippen molar-refractivity contribution in [3.8, 4) is 11.1 Å². The topological polar surface area (TPSA) is 42.7 Å². The van der Waals surface area contributed by atoms with Crippen LogP contribution in [0.5, 0.6) is 0 Å². The highest BCUT2D eigenvalue weighted by atomic mass is 15.3. The highest BCUT2D eigenvalue weighted by Gasteiger charge is 2.01. The monoisotopic (exact) mass is 264 g/mol. The van der Waals surface area contributed by atoms with Crippen LogP contribution in [0.15, 0.2) is 60.9 Å². The van der Waals surface area contributed by atoms with Gasteiger partial charge in [-0.25, -0.2) is 0 Å². The summed E-state index contributed by atoms with van der Waals surface area (Å²) in [5.41, 5.74) is 3.52. The lowest BCUT2D eigenvalue weighted by Gasteiger charge is -2.07. The van der Waals surface area contributed by atoms with Crippen molar-refractivity contribution in [2.75, 3.05) is 5.32 Å². The van der Waals surface area contributed by atoms with E-state index >= 15 is 0 Å². The van der Waals surface area contributed by atoms with Gasteiger partial charge in [-0.3, -0.25) is 0 Å². The molecule has 100 valence electrons. The van der Waals surface area contributed by atoms with E-state index < -0.39 is 0 Å². The molecule has 4 nitrogen and oxygen atoms in total. The maximum absolute atomic E-state index is 4.05. The Labute approximate surface area is 118 Å². The Balaban J connectivity index is 1.69. The van der Waals surface area contributed by atoms with E-state index in [0.717, 1.165) is 11.5 Å². The zero-order valence-corrected chi connectivity index (χ0v) is 11.3. The number of hydrogen-bond acceptors (Lipinski definition) is 3. The summed E-state index contributed by atoms with van der Waals surface area (Å²) in [5, 5.41) is 11.3. The number of nitrogens with one attached hydrogen (secondary N) is 1. The molecule has 1 N–H and O–H groups in total. The van der Waals surface area contributed by atoms with Crippen LogP contribution in [-0.4, -0.2) is 14.8 Å². The molecule has 20 heavy (non-hydrogen) atoms. The van der Waals surface area contributed by atoms with Crippen molar-refractivity contribution < 1.29 is 0 Å². The number of anilines is 1. The minimum Gasteiger partial charge on any atom is -0.378 e. The van der Waals surface area contributed by atoms with Crippen LogP contribution in [0, 0.1) is 0 Å². The number of hydrogen-bond donors (Lipinski definition) is 1. The quantitative estimate of drug-likeness (QED) is 0.787. The molecular formula is C16H16N4. The zero-order chi connectivity index (χ0) is 13.8. The molecule has 0 fully saturated rings. The van der Waals surface area contributed by atoms with Crippen LogP contribution in [0.25, 0.3) is 11.1 Å². The lowest BCUT2D eigenvalue weighted by atomic mass is 10.1. The smallest absolute Gasteiger partial charge is 0.151 e. The molecule has 3 aromatic rings. The second-order valence-corrected chi connectivity index (χ2v) is 4.66. The Kier molecular flexibility index (Phi) is 3.46. The Bertz CT molecular complexity index is 671. The van der Waals surface area contributed by atoms with Crippen LogP contribution in [0.1, 0.15) is 5.82 Å². The first-order valence-corrected chi connectivity index (χ1v) is 6.55. The fourth-order valence-corrected chi connectivity index (χ4v) is 2.06. The molecule has 0 spiro atoms. The van der Waals surface area contributed by atoms with Gasteiger partial charge in [0.2, 0.25) is 0 Å². The second-order valence-electron chi connectivity index (χ2n) is 4.66. The van der Waals surface area contributed by atoms with Gasteiger partial charge in [-0.2, -0.15) is 0 Å². The summed E-state index contributed by atoms with van der Waals surface area (Å²) in [5.74, 6) is 0.914. The fourth-order valence-electron chi connectivity index (χ4n) is 2.06. The lowest BCUT2D eigenvalue weighted by molar-refractivity contribution is 0.812. The molecule has 0 unspecified atom stereocenters. The van der Waals surface area contributed by atoms with Crippen molar-refractivity contribution in [1.29, 1.82) is 0 Å². The van der Waals surface area contributed by atoms with Crippen LogP contribution in [0.2, 0.25) is 0 Å². The van der Waals surface area contributed by atoms with Gasteiger partial charge >= 0.3 is 0 Å². The molecule has 2 aromatic carbocycles. The number of aryl methyl sites for hydroxylation is 1. The molecule has 0 saturated heterocycles. The lowest BCUT2D eigenvalue weighted by Crippen LogP contribution is -2.05. The van der Waals surface area contributed by atoms with E-state index in [9.17, 15) is 0 Å². The SMILES string of the molecule is Cn1cnnc1CNc1ccc(-c2ccccc2)cc1. The van der Waals surface area contributed by atoms with Gasteiger partial charge in [-0.1, -0.05) is 42.5 Å². The average Bonchev–Trinajstić information content (AvgIpc) is 2.92. The average molecular weight is 264 g/mol. The third-order valence-corrected chi connectivity index (χ3v) is 3.25. The first-order valence-electron chi connectivity index (χ1n) is 6.55. The van der Waals surface area contributed by atoms with Crippen LogP contribution in [0.4, 0.5) is 5.69 Å². The second kappa shape index (κ2) is 5.57. The van der Waals surface area contributed by atoms with Gasteiger partial charge in [-0.15, -0.1) is 10.2 Å². The van der Waals surface area contributed by atoms with E-state index in [1.807, 2.05) is 17.7 Å². The fraction of sp³-hybridized carbons (Fsp3) is 0.125. The van der Waals surface area contributed by atoms with Gasteiger partial charge in [-0.05, 0) is 23.3 Å². The Morgan fingerprint density at radius 1 is 0.950 bits per heavy atom. The van der Waals surface area contributed by atoms with Crippen LogP contribution in [-0.2, 0) is 13.6 Å². The van der Waals surface area contributed by atoms with Gasteiger partial charge in [0.1, 0.15) is 6.33 Å². The summed E-state index contributed by atoms with van der Waals surface area (Å²) in [7, 11) is 1.94. The van der Waals surface area contributed by atoms with Gasteiger partial charge < -0.3 is 9.88 Å². The highest BCUT2D eigenvalue weighted by Crippen LogP contribution is 2.21. The van der Waals surface area contributed by atoms with Crippen LogP contribution >= 0.6 is 0 Å². The molecule has 3 rings (SSSR count). The number of nitrogens with zero attached hydrogens (tertiary/aromatic N) is 3. The van der Waals surface area contributed by atoms with E-state index in [-0.39, 0.29) is 0 Å². The summed E-state index contributed by atoms with van der Waals surface area (Å²) in [4.78, 5) is 0. The molecule has 0 amide bonds. The summed E-state index contributed by atoms with van der Waals surface area (Å²) >= 11 is 0. The molecule has 0 aliphatic heterocycles. The molecule has 0 bridgehead atoms. The molecule has 1 heterocycles. The molecule has 0 radical (unpaired) electrons. The predicted octanol–water partition coefficient (Wildman–Crippen LogP) is 3.09. The molecule has 0 aliphatic carbocycles. The summed E-state index contributed by atoms with van der Waals surface area (Å²) in [6.07, 6.45) is 1.70. The van der Waals surface area contributed by atoms with E-state index in [1.165, 1.54) is 11.1 Å². The van der Waals surface area contributed by atoms with E-state index in [4.69, 9.17) is 0 Å². The van der Waals surface area contributed by atoms with E-state index in [0.29, 0.717) is 6.54 Å².